The Bertz CT molecular complexity index is 1260. The van der Waals surface area contributed by atoms with Gasteiger partial charge in [-0.2, -0.15) is 0 Å². The maximum absolute atomic E-state index is 13.0. The van der Waals surface area contributed by atoms with E-state index < -0.39 is 6.10 Å². The summed E-state index contributed by atoms with van der Waals surface area (Å²) < 4.78 is 17.0. The molecule has 0 amide bonds. The Balaban J connectivity index is 4.25. The Kier molecular flexibility index (Phi) is 69.0. The van der Waals surface area contributed by atoms with Crippen molar-refractivity contribution in [3.8, 4) is 0 Å². The summed E-state index contributed by atoms with van der Waals surface area (Å²) in [5, 5.41) is 0. The van der Waals surface area contributed by atoms with Crippen LogP contribution in [0.3, 0.4) is 0 Å². The Labute approximate surface area is 507 Å². The number of hydrogen-bond acceptors (Lipinski definition) is 6. The molecule has 1 atom stereocenters. The van der Waals surface area contributed by atoms with Crippen LogP contribution in [0.1, 0.15) is 432 Å². The summed E-state index contributed by atoms with van der Waals surface area (Å²) in [6.07, 6.45) is 85.4. The molecule has 0 aromatic rings. The first kappa shape index (κ1) is 79.2. The van der Waals surface area contributed by atoms with Crippen LogP contribution in [0.5, 0.6) is 0 Å². The molecule has 0 aliphatic rings. The number of hydrogen-bond donors (Lipinski definition) is 0. The van der Waals surface area contributed by atoms with Crippen LogP contribution in [0.2, 0.25) is 0 Å². The lowest BCUT2D eigenvalue weighted by molar-refractivity contribution is -0.167. The second-order valence-corrected chi connectivity index (χ2v) is 25.6. The van der Waals surface area contributed by atoms with E-state index in [1.54, 1.807) is 0 Å². The minimum absolute atomic E-state index is 0.0653. The Hall–Kier alpha value is -1.85. The van der Waals surface area contributed by atoms with Crippen LogP contribution < -0.4 is 0 Å². The quantitative estimate of drug-likeness (QED) is 0.0261. The number of carbonyl (C=O) groups excluding carboxylic acids is 3. The lowest BCUT2D eigenvalue weighted by atomic mass is 10.0. The molecule has 0 aliphatic heterocycles. The van der Waals surface area contributed by atoms with Crippen LogP contribution in [0.15, 0.2) is 12.2 Å². The zero-order chi connectivity index (χ0) is 58.5. The number of unbranched alkanes of at least 4 members (excludes halogenated alkanes) is 57. The molecule has 480 valence electrons. The molecular weight excluding hydrogens is 997 g/mol. The zero-order valence-corrected chi connectivity index (χ0v) is 55.4. The summed E-state index contributed by atoms with van der Waals surface area (Å²) in [7, 11) is 0. The van der Waals surface area contributed by atoms with Crippen LogP contribution in [-0.2, 0) is 28.6 Å². The van der Waals surface area contributed by atoms with Crippen LogP contribution in [0, 0.1) is 0 Å². The number of rotatable bonds is 70. The molecule has 0 aromatic carbocycles. The molecule has 0 bridgehead atoms. The molecule has 0 fully saturated rings. The molecule has 0 aromatic heterocycles. The van der Waals surface area contributed by atoms with Crippen molar-refractivity contribution in [1.29, 1.82) is 0 Å². The monoisotopic (exact) mass is 1140 g/mol. The Morgan fingerprint density at radius 1 is 0.235 bits per heavy atom. The highest BCUT2D eigenvalue weighted by atomic mass is 16.6. The lowest BCUT2D eigenvalue weighted by Gasteiger charge is -2.18. The van der Waals surface area contributed by atoms with Crippen molar-refractivity contribution in [3.05, 3.63) is 12.2 Å². The number of esters is 3. The van der Waals surface area contributed by atoms with Crippen LogP contribution >= 0.6 is 0 Å². The van der Waals surface area contributed by atoms with Gasteiger partial charge in [-0.05, 0) is 44.9 Å². The fourth-order valence-corrected chi connectivity index (χ4v) is 11.7. The molecule has 0 spiro atoms. The summed E-state index contributed by atoms with van der Waals surface area (Å²) in [6.45, 7) is 6.73. The maximum atomic E-state index is 13.0. The van der Waals surface area contributed by atoms with E-state index in [-0.39, 0.29) is 31.1 Å². The van der Waals surface area contributed by atoms with Gasteiger partial charge in [-0.15, -0.1) is 0 Å². The normalized spacial score (nSPS) is 12.0. The molecule has 0 aliphatic carbocycles. The third kappa shape index (κ3) is 68.8. The van der Waals surface area contributed by atoms with Gasteiger partial charge in [0.15, 0.2) is 6.10 Å². The van der Waals surface area contributed by atoms with Crippen molar-refractivity contribution < 1.29 is 28.6 Å². The molecule has 81 heavy (non-hydrogen) atoms. The summed E-state index contributed by atoms with van der Waals surface area (Å²) in [5.41, 5.74) is 0. The van der Waals surface area contributed by atoms with E-state index in [9.17, 15) is 14.4 Å². The first-order valence-corrected chi connectivity index (χ1v) is 37.2. The van der Waals surface area contributed by atoms with E-state index in [0.29, 0.717) is 19.3 Å². The predicted molar refractivity (Wildman–Crippen MR) is 353 cm³/mol. The third-order valence-electron chi connectivity index (χ3n) is 17.3. The van der Waals surface area contributed by atoms with Gasteiger partial charge in [-0.1, -0.05) is 380 Å². The average molecular weight is 1140 g/mol. The van der Waals surface area contributed by atoms with Gasteiger partial charge in [0.05, 0.1) is 0 Å². The highest BCUT2D eigenvalue weighted by molar-refractivity contribution is 5.71. The fourth-order valence-electron chi connectivity index (χ4n) is 11.7. The van der Waals surface area contributed by atoms with Crippen molar-refractivity contribution in [2.45, 2.75) is 438 Å². The van der Waals surface area contributed by atoms with Gasteiger partial charge in [0.25, 0.3) is 0 Å². The Morgan fingerprint density at radius 2 is 0.407 bits per heavy atom. The fraction of sp³-hybridized carbons (Fsp3) is 0.933. The summed E-state index contributed by atoms with van der Waals surface area (Å²) >= 11 is 0. The van der Waals surface area contributed by atoms with E-state index in [4.69, 9.17) is 14.2 Å². The van der Waals surface area contributed by atoms with Gasteiger partial charge >= 0.3 is 17.9 Å². The smallest absolute Gasteiger partial charge is 0.306 e. The van der Waals surface area contributed by atoms with Crippen molar-refractivity contribution in [1.82, 2.24) is 0 Å². The van der Waals surface area contributed by atoms with Crippen molar-refractivity contribution in [3.63, 3.8) is 0 Å². The topological polar surface area (TPSA) is 78.9 Å². The number of allylic oxidation sites excluding steroid dienone is 2. The van der Waals surface area contributed by atoms with E-state index in [1.807, 2.05) is 0 Å². The lowest BCUT2D eigenvalue weighted by Crippen LogP contribution is -2.30. The molecule has 0 heterocycles. The van der Waals surface area contributed by atoms with E-state index in [2.05, 4.69) is 32.9 Å². The summed E-state index contributed by atoms with van der Waals surface area (Å²) in [6, 6.07) is 0. The highest BCUT2D eigenvalue weighted by Crippen LogP contribution is 2.20. The summed E-state index contributed by atoms with van der Waals surface area (Å²) in [4.78, 5) is 38.5. The average Bonchev–Trinajstić information content (AvgIpc) is 3.47. The van der Waals surface area contributed by atoms with Gasteiger partial charge in [-0.25, -0.2) is 0 Å². The molecule has 0 rings (SSSR count). The van der Waals surface area contributed by atoms with Gasteiger partial charge in [0.2, 0.25) is 0 Å². The largest absolute Gasteiger partial charge is 0.462 e. The minimum atomic E-state index is -0.770. The van der Waals surface area contributed by atoms with Crippen molar-refractivity contribution >= 4 is 17.9 Å². The molecule has 6 heteroatoms. The van der Waals surface area contributed by atoms with Gasteiger partial charge < -0.3 is 14.2 Å². The minimum Gasteiger partial charge on any atom is -0.462 e. The second kappa shape index (κ2) is 70.6. The molecule has 0 saturated heterocycles. The standard InChI is InChI=1S/C75H144O6/c1-4-7-10-13-16-19-22-25-28-31-33-35-37-39-40-42-44-47-50-53-56-59-62-65-68-74(77)80-71-72(70-79-73(76)67-64-61-58-55-52-49-46-30-27-24-21-18-15-12-9-6-3)81-75(78)69-66-63-60-57-54-51-48-45-43-41-38-36-34-32-29-26-23-20-17-14-11-8-5-2/h30,46,72H,4-29,31-45,47-71H2,1-3H3/b46-30-. The molecule has 6 nitrogen and oxygen atoms in total. The van der Waals surface area contributed by atoms with Crippen molar-refractivity contribution in [2.75, 3.05) is 13.2 Å². The molecule has 1 unspecified atom stereocenters. The Morgan fingerprint density at radius 3 is 0.617 bits per heavy atom. The summed E-state index contributed by atoms with van der Waals surface area (Å²) in [5.74, 6) is -0.835. The van der Waals surface area contributed by atoms with Gasteiger partial charge in [-0.3, -0.25) is 14.4 Å². The second-order valence-electron chi connectivity index (χ2n) is 25.6. The van der Waals surface area contributed by atoms with Crippen LogP contribution in [-0.4, -0.2) is 37.2 Å². The van der Waals surface area contributed by atoms with Crippen LogP contribution in [0.25, 0.3) is 0 Å². The van der Waals surface area contributed by atoms with Gasteiger partial charge in [0, 0.05) is 19.3 Å². The molecule has 0 radical (unpaired) electrons. The number of ether oxygens (including phenoxy) is 3. The maximum Gasteiger partial charge on any atom is 0.306 e. The predicted octanol–water partition coefficient (Wildman–Crippen LogP) is 25.6. The molecule has 0 N–H and O–H groups in total. The van der Waals surface area contributed by atoms with Gasteiger partial charge in [0.1, 0.15) is 13.2 Å². The SMILES string of the molecule is CCCCCCCCC/C=C\CCCCCCCC(=O)OCC(COC(=O)CCCCCCCCCCCCCCCCCCCCCCCCCC)OC(=O)CCCCCCCCCCCCCCCCCCCCCCCCC. The van der Waals surface area contributed by atoms with E-state index in [0.717, 1.165) is 64.2 Å². The molecule has 0 saturated carbocycles. The van der Waals surface area contributed by atoms with E-state index in [1.165, 1.54) is 327 Å². The first-order chi connectivity index (χ1) is 40.0. The number of carbonyl (C=O) groups is 3. The van der Waals surface area contributed by atoms with Crippen molar-refractivity contribution in [2.24, 2.45) is 0 Å². The zero-order valence-electron chi connectivity index (χ0n) is 55.4. The van der Waals surface area contributed by atoms with Crippen LogP contribution in [0.4, 0.5) is 0 Å². The van der Waals surface area contributed by atoms with E-state index >= 15 is 0 Å². The third-order valence-corrected chi connectivity index (χ3v) is 17.3. The first-order valence-electron chi connectivity index (χ1n) is 37.2. The highest BCUT2D eigenvalue weighted by Gasteiger charge is 2.20. The molecular formula is C75H144O6.